The summed E-state index contributed by atoms with van der Waals surface area (Å²) in [5.74, 6) is 1.86. The van der Waals surface area contributed by atoms with E-state index in [1.807, 2.05) is 0 Å². The molecule has 0 bridgehead atoms. The standard InChI is InChI=1S/C28H30O2/c1-3-5-19-29-25-17-15-21-11-7-9-13-23(21)27(25)28-24-14-10-8-12-22(24)16-18-26(28)30-20-6-4-2/h7-18H,3-6,19-20H2,1-2H3. The van der Waals surface area contributed by atoms with E-state index in [2.05, 4.69) is 86.6 Å². The van der Waals surface area contributed by atoms with Gasteiger partial charge in [-0.3, -0.25) is 0 Å². The van der Waals surface area contributed by atoms with Crippen LogP contribution in [0.2, 0.25) is 0 Å². The Labute approximate surface area is 179 Å². The number of fused-ring (bicyclic) bond motifs is 2. The molecule has 0 heterocycles. The van der Waals surface area contributed by atoms with E-state index in [0.717, 1.165) is 61.5 Å². The number of benzene rings is 4. The minimum Gasteiger partial charge on any atom is -0.493 e. The number of unbranched alkanes of at least 4 members (excludes halogenated alkanes) is 2. The van der Waals surface area contributed by atoms with Crippen molar-refractivity contribution in [1.29, 1.82) is 0 Å². The predicted molar refractivity (Wildman–Crippen MR) is 128 cm³/mol. The van der Waals surface area contributed by atoms with Crippen molar-refractivity contribution in [1.82, 2.24) is 0 Å². The first-order valence-electron chi connectivity index (χ1n) is 11.1. The highest BCUT2D eigenvalue weighted by atomic mass is 16.5. The molecule has 0 saturated carbocycles. The van der Waals surface area contributed by atoms with E-state index in [1.165, 1.54) is 21.5 Å². The Hall–Kier alpha value is -3.00. The maximum Gasteiger partial charge on any atom is 0.127 e. The van der Waals surface area contributed by atoms with Gasteiger partial charge in [-0.05, 0) is 46.5 Å². The third-order valence-electron chi connectivity index (χ3n) is 5.54. The molecule has 0 fully saturated rings. The maximum atomic E-state index is 6.31. The average molecular weight is 399 g/mol. The molecule has 154 valence electrons. The molecule has 0 atom stereocenters. The molecule has 0 aliphatic carbocycles. The fourth-order valence-electron chi connectivity index (χ4n) is 3.91. The van der Waals surface area contributed by atoms with Crippen LogP contribution in [0.25, 0.3) is 32.7 Å². The Morgan fingerprint density at radius 3 is 1.40 bits per heavy atom. The molecule has 4 aromatic carbocycles. The van der Waals surface area contributed by atoms with Gasteiger partial charge in [0.15, 0.2) is 0 Å². The van der Waals surface area contributed by atoms with Crippen LogP contribution in [0.15, 0.2) is 72.8 Å². The zero-order chi connectivity index (χ0) is 20.8. The van der Waals surface area contributed by atoms with Crippen molar-refractivity contribution in [2.75, 3.05) is 13.2 Å². The lowest BCUT2D eigenvalue weighted by Crippen LogP contribution is -2.02. The Bertz CT molecular complexity index is 1040. The molecular weight excluding hydrogens is 368 g/mol. The van der Waals surface area contributed by atoms with Crippen molar-refractivity contribution in [2.24, 2.45) is 0 Å². The lowest BCUT2D eigenvalue weighted by Gasteiger charge is -2.19. The van der Waals surface area contributed by atoms with Crippen molar-refractivity contribution in [3.8, 4) is 22.6 Å². The van der Waals surface area contributed by atoms with Gasteiger partial charge in [-0.2, -0.15) is 0 Å². The third-order valence-corrected chi connectivity index (χ3v) is 5.54. The van der Waals surface area contributed by atoms with Crippen molar-refractivity contribution in [3.63, 3.8) is 0 Å². The Morgan fingerprint density at radius 2 is 0.967 bits per heavy atom. The molecule has 0 aromatic heterocycles. The smallest absolute Gasteiger partial charge is 0.127 e. The lowest BCUT2D eigenvalue weighted by atomic mass is 9.92. The highest BCUT2D eigenvalue weighted by Crippen LogP contribution is 2.45. The van der Waals surface area contributed by atoms with Crippen LogP contribution in [-0.4, -0.2) is 13.2 Å². The minimum absolute atomic E-state index is 0.721. The van der Waals surface area contributed by atoms with Crippen LogP contribution in [0.5, 0.6) is 11.5 Å². The molecule has 0 radical (unpaired) electrons. The molecule has 2 nitrogen and oxygen atoms in total. The van der Waals surface area contributed by atoms with Gasteiger partial charge in [0.05, 0.1) is 13.2 Å². The van der Waals surface area contributed by atoms with Crippen LogP contribution in [-0.2, 0) is 0 Å². The van der Waals surface area contributed by atoms with Gasteiger partial charge in [0.1, 0.15) is 11.5 Å². The molecular formula is C28H30O2. The Morgan fingerprint density at radius 1 is 0.533 bits per heavy atom. The summed E-state index contributed by atoms with van der Waals surface area (Å²) in [6.07, 6.45) is 4.31. The molecule has 4 aromatic rings. The summed E-state index contributed by atoms with van der Waals surface area (Å²) in [6, 6.07) is 25.6. The van der Waals surface area contributed by atoms with E-state index in [4.69, 9.17) is 9.47 Å². The van der Waals surface area contributed by atoms with E-state index in [9.17, 15) is 0 Å². The Balaban J connectivity index is 1.97. The highest BCUT2D eigenvalue weighted by Gasteiger charge is 2.18. The second kappa shape index (κ2) is 9.67. The first-order chi connectivity index (χ1) is 14.8. The highest BCUT2D eigenvalue weighted by molar-refractivity contribution is 6.09. The summed E-state index contributed by atoms with van der Waals surface area (Å²) < 4.78 is 12.6. The number of hydrogen-bond acceptors (Lipinski definition) is 2. The first kappa shape index (κ1) is 20.3. The second-order valence-electron chi connectivity index (χ2n) is 7.72. The molecule has 2 heteroatoms. The van der Waals surface area contributed by atoms with E-state index in [-0.39, 0.29) is 0 Å². The maximum absolute atomic E-state index is 6.31. The van der Waals surface area contributed by atoms with Gasteiger partial charge in [0, 0.05) is 11.1 Å². The van der Waals surface area contributed by atoms with E-state index in [1.54, 1.807) is 0 Å². The van der Waals surface area contributed by atoms with Gasteiger partial charge in [-0.25, -0.2) is 0 Å². The fraction of sp³-hybridized carbons (Fsp3) is 0.286. The summed E-state index contributed by atoms with van der Waals surface area (Å²) in [5, 5.41) is 4.82. The van der Waals surface area contributed by atoms with Crippen LogP contribution >= 0.6 is 0 Å². The molecule has 30 heavy (non-hydrogen) atoms. The van der Waals surface area contributed by atoms with Crippen LogP contribution in [0.4, 0.5) is 0 Å². The molecule has 0 spiro atoms. The minimum atomic E-state index is 0.721. The van der Waals surface area contributed by atoms with Gasteiger partial charge in [0.2, 0.25) is 0 Å². The molecule has 0 saturated heterocycles. The normalized spacial score (nSPS) is 11.1. The van der Waals surface area contributed by atoms with Crippen molar-refractivity contribution in [2.45, 2.75) is 39.5 Å². The summed E-state index contributed by atoms with van der Waals surface area (Å²) in [7, 11) is 0. The largest absolute Gasteiger partial charge is 0.493 e. The van der Waals surface area contributed by atoms with E-state index < -0.39 is 0 Å². The number of ether oxygens (including phenoxy) is 2. The average Bonchev–Trinajstić information content (AvgIpc) is 2.79. The third kappa shape index (κ3) is 4.14. The first-order valence-corrected chi connectivity index (χ1v) is 11.1. The summed E-state index contributed by atoms with van der Waals surface area (Å²) >= 11 is 0. The topological polar surface area (TPSA) is 18.5 Å². The van der Waals surface area contributed by atoms with Crippen molar-refractivity contribution >= 4 is 21.5 Å². The fourth-order valence-corrected chi connectivity index (χ4v) is 3.91. The zero-order valence-corrected chi connectivity index (χ0v) is 18.0. The zero-order valence-electron chi connectivity index (χ0n) is 18.0. The van der Waals surface area contributed by atoms with Gasteiger partial charge in [-0.1, -0.05) is 87.4 Å². The Kier molecular flexibility index (Phi) is 6.53. The van der Waals surface area contributed by atoms with Gasteiger partial charge < -0.3 is 9.47 Å². The lowest BCUT2D eigenvalue weighted by molar-refractivity contribution is 0.306. The molecule has 0 amide bonds. The van der Waals surface area contributed by atoms with Gasteiger partial charge in [0.25, 0.3) is 0 Å². The summed E-state index contributed by atoms with van der Waals surface area (Å²) in [6.45, 7) is 5.82. The van der Waals surface area contributed by atoms with E-state index >= 15 is 0 Å². The van der Waals surface area contributed by atoms with E-state index in [0.29, 0.717) is 0 Å². The number of rotatable bonds is 9. The quantitative estimate of drug-likeness (QED) is 0.266. The van der Waals surface area contributed by atoms with Crippen molar-refractivity contribution < 1.29 is 9.47 Å². The van der Waals surface area contributed by atoms with Gasteiger partial charge in [-0.15, -0.1) is 0 Å². The predicted octanol–water partition coefficient (Wildman–Crippen LogP) is 8.02. The van der Waals surface area contributed by atoms with Crippen LogP contribution in [0, 0.1) is 0 Å². The summed E-state index contributed by atoms with van der Waals surface area (Å²) in [5.41, 5.74) is 2.26. The molecule has 0 aliphatic heterocycles. The van der Waals surface area contributed by atoms with Crippen LogP contribution in [0.1, 0.15) is 39.5 Å². The summed E-state index contributed by atoms with van der Waals surface area (Å²) in [4.78, 5) is 0. The second-order valence-corrected chi connectivity index (χ2v) is 7.72. The molecule has 0 aliphatic rings. The van der Waals surface area contributed by atoms with Gasteiger partial charge >= 0.3 is 0 Å². The van der Waals surface area contributed by atoms with Crippen molar-refractivity contribution in [3.05, 3.63) is 72.8 Å². The van der Waals surface area contributed by atoms with Crippen LogP contribution in [0.3, 0.4) is 0 Å². The monoisotopic (exact) mass is 398 g/mol. The SMILES string of the molecule is CCCCOc1ccc2ccccc2c1-c1c(OCCCC)ccc2ccccc12. The van der Waals surface area contributed by atoms with Crippen LogP contribution < -0.4 is 9.47 Å². The molecule has 0 unspecified atom stereocenters. The molecule has 0 N–H and O–H groups in total. The number of hydrogen-bond donors (Lipinski definition) is 0. The molecule has 4 rings (SSSR count).